The number of benzene rings is 1. The van der Waals surface area contributed by atoms with E-state index in [9.17, 15) is 18.7 Å². The Morgan fingerprint density at radius 1 is 1.39 bits per heavy atom. The fourth-order valence-electron chi connectivity index (χ4n) is 2.90. The van der Waals surface area contributed by atoms with Crippen LogP contribution in [0.4, 0.5) is 8.78 Å². The first kappa shape index (κ1) is 17.8. The fourth-order valence-corrected chi connectivity index (χ4v) is 2.90. The Hall–Kier alpha value is -3.56. The third kappa shape index (κ3) is 3.24. The van der Waals surface area contributed by atoms with Crippen molar-refractivity contribution in [3.63, 3.8) is 0 Å². The van der Waals surface area contributed by atoms with Crippen LogP contribution in [0.3, 0.4) is 0 Å². The number of carbonyl (C=O) groups is 1. The van der Waals surface area contributed by atoms with E-state index in [1.807, 2.05) is 0 Å². The smallest absolute Gasteiger partial charge is 0.281 e. The van der Waals surface area contributed by atoms with Crippen LogP contribution in [0.15, 0.2) is 36.8 Å². The highest BCUT2D eigenvalue weighted by molar-refractivity contribution is 5.91. The van der Waals surface area contributed by atoms with Gasteiger partial charge in [0.2, 0.25) is 5.88 Å². The maximum atomic E-state index is 13.7. The van der Waals surface area contributed by atoms with Crippen LogP contribution in [-0.2, 0) is 4.79 Å². The molecule has 2 aromatic heterocycles. The van der Waals surface area contributed by atoms with E-state index >= 15 is 0 Å². The molecule has 0 radical (unpaired) electrons. The summed E-state index contributed by atoms with van der Waals surface area (Å²) in [6.07, 6.45) is 1.51. The molecule has 0 unspecified atom stereocenters. The number of amides is 1. The molecule has 1 fully saturated rings. The normalized spacial score (nSPS) is 14.1. The van der Waals surface area contributed by atoms with Crippen LogP contribution in [0, 0.1) is 11.7 Å². The number of halogens is 2. The van der Waals surface area contributed by atoms with Crippen molar-refractivity contribution in [1.82, 2.24) is 25.1 Å². The Morgan fingerprint density at radius 2 is 2.18 bits per heavy atom. The van der Waals surface area contributed by atoms with Gasteiger partial charge in [0.1, 0.15) is 5.39 Å². The SMILES string of the molecule is C=C(F)C(=O)N1CC(COc2nc(-c3ccc(O)c(F)c3)nc3[nH]ncc23)C1. The average molecular weight is 387 g/mol. The first-order valence-corrected chi connectivity index (χ1v) is 8.39. The van der Waals surface area contributed by atoms with E-state index in [-0.39, 0.29) is 24.2 Å². The molecule has 4 rings (SSSR count). The van der Waals surface area contributed by atoms with E-state index in [2.05, 4.69) is 26.7 Å². The van der Waals surface area contributed by atoms with Gasteiger partial charge in [-0.15, -0.1) is 0 Å². The number of ether oxygens (including phenoxy) is 1. The number of fused-ring (bicyclic) bond motifs is 1. The maximum Gasteiger partial charge on any atom is 0.281 e. The number of phenolic OH excluding ortho intramolecular Hbond substituents is 1. The van der Waals surface area contributed by atoms with Crippen LogP contribution in [0.2, 0.25) is 0 Å². The lowest BCUT2D eigenvalue weighted by molar-refractivity contribution is -0.135. The van der Waals surface area contributed by atoms with Crippen LogP contribution in [0.5, 0.6) is 11.6 Å². The van der Waals surface area contributed by atoms with Crippen molar-refractivity contribution in [1.29, 1.82) is 0 Å². The Kier molecular flexibility index (Phi) is 4.38. The molecule has 3 heterocycles. The zero-order chi connectivity index (χ0) is 19.8. The van der Waals surface area contributed by atoms with Crippen LogP contribution in [0.1, 0.15) is 0 Å². The van der Waals surface area contributed by atoms with Crippen molar-refractivity contribution >= 4 is 16.9 Å². The fraction of sp³-hybridized carbons (Fsp3) is 0.222. The highest BCUT2D eigenvalue weighted by Crippen LogP contribution is 2.28. The van der Waals surface area contributed by atoms with Gasteiger partial charge in [-0.2, -0.15) is 10.1 Å². The summed E-state index contributed by atoms with van der Waals surface area (Å²) in [5, 5.41) is 16.5. The summed E-state index contributed by atoms with van der Waals surface area (Å²) in [6.45, 7) is 3.97. The van der Waals surface area contributed by atoms with Crippen molar-refractivity contribution in [3.05, 3.63) is 42.6 Å². The largest absolute Gasteiger partial charge is 0.505 e. The van der Waals surface area contributed by atoms with E-state index in [4.69, 9.17) is 4.74 Å². The molecule has 144 valence electrons. The minimum Gasteiger partial charge on any atom is -0.505 e. The molecule has 1 saturated heterocycles. The van der Waals surface area contributed by atoms with Gasteiger partial charge in [0.15, 0.2) is 28.9 Å². The number of hydrogen-bond donors (Lipinski definition) is 2. The first-order valence-electron chi connectivity index (χ1n) is 8.39. The molecule has 0 aliphatic carbocycles. The molecular formula is C18H15F2N5O3. The molecule has 8 nitrogen and oxygen atoms in total. The van der Waals surface area contributed by atoms with E-state index in [1.54, 1.807) is 0 Å². The topological polar surface area (TPSA) is 104 Å². The molecule has 0 bridgehead atoms. The lowest BCUT2D eigenvalue weighted by atomic mass is 10.0. The minimum absolute atomic E-state index is 0.0229. The molecule has 2 N–H and O–H groups in total. The lowest BCUT2D eigenvalue weighted by Gasteiger charge is -2.38. The zero-order valence-electron chi connectivity index (χ0n) is 14.5. The molecule has 28 heavy (non-hydrogen) atoms. The predicted molar refractivity (Wildman–Crippen MR) is 94.6 cm³/mol. The number of aromatic amines is 1. The van der Waals surface area contributed by atoms with Gasteiger partial charge in [-0.3, -0.25) is 9.89 Å². The van der Waals surface area contributed by atoms with Crippen LogP contribution >= 0.6 is 0 Å². The van der Waals surface area contributed by atoms with Crippen LogP contribution in [0.25, 0.3) is 22.4 Å². The van der Waals surface area contributed by atoms with Crippen molar-refractivity contribution in [2.75, 3.05) is 19.7 Å². The van der Waals surface area contributed by atoms with Crippen LogP contribution < -0.4 is 4.74 Å². The van der Waals surface area contributed by atoms with Gasteiger partial charge < -0.3 is 14.7 Å². The van der Waals surface area contributed by atoms with Crippen LogP contribution in [-0.4, -0.2) is 55.8 Å². The Labute approximate surface area is 157 Å². The van der Waals surface area contributed by atoms with Crippen molar-refractivity contribution in [3.8, 4) is 23.0 Å². The third-order valence-electron chi connectivity index (χ3n) is 4.41. The summed E-state index contributed by atoms with van der Waals surface area (Å²) in [5.41, 5.74) is 0.770. The molecule has 1 aliphatic rings. The standard InChI is InChI=1S/C18H15F2N5O3/c1-9(19)18(27)25-6-10(7-25)8-28-17-12-5-21-24-16(12)22-15(23-17)11-2-3-14(26)13(20)4-11/h2-5,10,26H,1,6-8H2,(H,21,22,23,24). The van der Waals surface area contributed by atoms with E-state index in [0.29, 0.717) is 29.7 Å². The number of aromatic hydroxyl groups is 1. The van der Waals surface area contributed by atoms with Gasteiger partial charge in [-0.1, -0.05) is 6.58 Å². The van der Waals surface area contributed by atoms with E-state index in [0.717, 1.165) is 6.07 Å². The van der Waals surface area contributed by atoms with Gasteiger partial charge in [-0.25, -0.2) is 13.8 Å². The molecule has 0 saturated carbocycles. The van der Waals surface area contributed by atoms with Crippen molar-refractivity contribution in [2.45, 2.75) is 0 Å². The van der Waals surface area contributed by atoms with Gasteiger partial charge in [-0.05, 0) is 18.2 Å². The maximum absolute atomic E-state index is 13.7. The van der Waals surface area contributed by atoms with E-state index < -0.39 is 23.3 Å². The molecule has 10 heteroatoms. The number of rotatable bonds is 5. The highest BCUT2D eigenvalue weighted by Gasteiger charge is 2.32. The van der Waals surface area contributed by atoms with Gasteiger partial charge in [0.05, 0.1) is 12.8 Å². The van der Waals surface area contributed by atoms with Crippen molar-refractivity contribution < 1.29 is 23.4 Å². The second kappa shape index (κ2) is 6.87. The molecule has 1 aliphatic heterocycles. The predicted octanol–water partition coefficient (Wildman–Crippen LogP) is 2.18. The number of H-pyrrole nitrogens is 1. The lowest BCUT2D eigenvalue weighted by Crippen LogP contribution is -2.52. The molecule has 0 atom stereocenters. The summed E-state index contributed by atoms with van der Waals surface area (Å²) in [5.74, 6) is -2.49. The first-order chi connectivity index (χ1) is 13.4. The van der Waals surface area contributed by atoms with Gasteiger partial charge in [0, 0.05) is 24.6 Å². The minimum atomic E-state index is -0.985. The van der Waals surface area contributed by atoms with Gasteiger partial charge >= 0.3 is 0 Å². The number of aromatic nitrogens is 4. The highest BCUT2D eigenvalue weighted by atomic mass is 19.1. The summed E-state index contributed by atoms with van der Waals surface area (Å²) in [6, 6.07) is 3.82. The third-order valence-corrected chi connectivity index (χ3v) is 4.41. The second-order valence-corrected chi connectivity index (χ2v) is 6.44. The molecule has 1 amide bonds. The Morgan fingerprint density at radius 3 is 2.89 bits per heavy atom. The zero-order valence-corrected chi connectivity index (χ0v) is 14.5. The van der Waals surface area contributed by atoms with Crippen molar-refractivity contribution in [2.24, 2.45) is 5.92 Å². The number of carbonyl (C=O) groups excluding carboxylic acids is 1. The summed E-state index contributed by atoms with van der Waals surface area (Å²) in [7, 11) is 0. The molecule has 3 aromatic rings. The number of nitrogens with zero attached hydrogens (tertiary/aromatic N) is 4. The summed E-state index contributed by atoms with van der Waals surface area (Å²) in [4.78, 5) is 21.4. The summed E-state index contributed by atoms with van der Waals surface area (Å²) >= 11 is 0. The van der Waals surface area contributed by atoms with Gasteiger partial charge in [0.25, 0.3) is 5.91 Å². The second-order valence-electron chi connectivity index (χ2n) is 6.44. The Balaban J connectivity index is 1.52. The number of likely N-dealkylation sites (tertiary alicyclic amines) is 1. The molecule has 1 aromatic carbocycles. The number of phenols is 1. The average Bonchev–Trinajstić information content (AvgIpc) is 3.11. The van der Waals surface area contributed by atoms with E-state index in [1.165, 1.54) is 23.2 Å². The molecule has 0 spiro atoms. The monoisotopic (exact) mass is 387 g/mol. The molecular weight excluding hydrogens is 372 g/mol. The Bertz CT molecular complexity index is 1080. The number of hydrogen-bond acceptors (Lipinski definition) is 6. The number of nitrogens with one attached hydrogen (secondary N) is 1. The quantitative estimate of drug-likeness (QED) is 0.651. The summed E-state index contributed by atoms with van der Waals surface area (Å²) < 4.78 is 32.3.